The highest BCUT2D eigenvalue weighted by Gasteiger charge is 2.55. The van der Waals surface area contributed by atoms with Crippen LogP contribution in [0.4, 0.5) is 21.6 Å². The molecule has 4 aliphatic rings. The molecule has 5 aromatic carbocycles. The first-order chi connectivity index (χ1) is 29.7. The number of fused-ring (bicyclic) bond motifs is 9. The molecule has 7 aromatic rings. The Morgan fingerprint density at radius 1 is 0.484 bits per heavy atom. The summed E-state index contributed by atoms with van der Waals surface area (Å²) < 4.78 is 2.41. The lowest BCUT2D eigenvalue weighted by atomic mass is 9.67. The summed E-state index contributed by atoms with van der Waals surface area (Å²) in [5.41, 5.74) is 20.6. The normalized spacial score (nSPS) is 21.7. The summed E-state index contributed by atoms with van der Waals surface area (Å²) in [6.45, 7) is 23.7. The zero-order valence-electron chi connectivity index (χ0n) is 37.5. The molecule has 2 aromatic heterocycles. The number of aromatic nitrogens is 2. The van der Waals surface area contributed by atoms with Crippen LogP contribution in [0.3, 0.4) is 0 Å². The highest BCUT2D eigenvalue weighted by atomic mass is 32.1. The second-order valence-corrected chi connectivity index (χ2v) is 21.7. The van der Waals surface area contributed by atoms with Gasteiger partial charge in [-0.1, -0.05) is 122 Å². The van der Waals surface area contributed by atoms with Crippen molar-refractivity contribution < 1.29 is 0 Å². The van der Waals surface area contributed by atoms with Gasteiger partial charge >= 0.3 is 0 Å². The highest BCUT2D eigenvalue weighted by molar-refractivity contribution is 7.22. The van der Waals surface area contributed by atoms with Crippen LogP contribution in [0.15, 0.2) is 144 Å². The fourth-order valence-electron chi connectivity index (χ4n) is 12.0. The van der Waals surface area contributed by atoms with E-state index in [0.29, 0.717) is 11.8 Å². The molecule has 11 rings (SSSR count). The van der Waals surface area contributed by atoms with Crippen LogP contribution in [0.2, 0.25) is 0 Å². The highest BCUT2D eigenvalue weighted by Crippen LogP contribution is 2.65. The van der Waals surface area contributed by atoms with Gasteiger partial charge in [0.15, 0.2) is 10.3 Å². The third kappa shape index (κ3) is 5.97. The molecular formula is C56H54N4S2. The molecule has 4 nitrogen and oxygen atoms in total. The molecule has 2 heterocycles. The molecule has 0 amide bonds. The van der Waals surface area contributed by atoms with Crippen LogP contribution >= 0.6 is 22.7 Å². The molecule has 4 aliphatic carbocycles. The minimum atomic E-state index is -0.116. The fraction of sp³-hybridized carbons (Fsp3) is 0.286. The van der Waals surface area contributed by atoms with Crippen molar-refractivity contribution in [1.29, 1.82) is 0 Å². The number of aryl methyl sites for hydroxylation is 4. The molecule has 0 radical (unpaired) electrons. The smallest absolute Gasteiger partial charge is 0.195 e. The molecule has 0 N–H and O–H groups in total. The molecule has 4 unspecified atom stereocenters. The van der Waals surface area contributed by atoms with E-state index in [2.05, 4.69) is 200 Å². The van der Waals surface area contributed by atoms with Crippen molar-refractivity contribution in [2.75, 3.05) is 9.80 Å². The van der Waals surface area contributed by atoms with Gasteiger partial charge in [-0.05, 0) is 169 Å². The molecule has 6 heteroatoms. The number of allylic oxidation sites excluding steroid dienone is 6. The van der Waals surface area contributed by atoms with Crippen LogP contribution in [0.25, 0.3) is 20.4 Å². The maximum Gasteiger partial charge on any atom is 0.195 e. The van der Waals surface area contributed by atoms with Gasteiger partial charge < -0.3 is 0 Å². The van der Waals surface area contributed by atoms with Crippen molar-refractivity contribution >= 4 is 64.7 Å². The molecule has 0 saturated heterocycles. The van der Waals surface area contributed by atoms with E-state index in [1.807, 2.05) is 0 Å². The van der Waals surface area contributed by atoms with Crippen molar-refractivity contribution in [3.8, 4) is 0 Å². The number of rotatable bonds is 6. The van der Waals surface area contributed by atoms with Gasteiger partial charge in [-0.2, -0.15) is 0 Å². The maximum atomic E-state index is 5.26. The van der Waals surface area contributed by atoms with E-state index in [9.17, 15) is 0 Å². The summed E-state index contributed by atoms with van der Waals surface area (Å²) in [4.78, 5) is 15.4. The summed E-state index contributed by atoms with van der Waals surface area (Å²) in [6, 6.07) is 35.9. The largest absolute Gasteiger partial charge is 0.287 e. The van der Waals surface area contributed by atoms with E-state index in [4.69, 9.17) is 9.97 Å². The Labute approximate surface area is 374 Å². The zero-order chi connectivity index (χ0) is 43.0. The zero-order valence-corrected chi connectivity index (χ0v) is 39.1. The molecule has 62 heavy (non-hydrogen) atoms. The van der Waals surface area contributed by atoms with E-state index >= 15 is 0 Å². The Hall–Kier alpha value is -5.56. The van der Waals surface area contributed by atoms with Crippen molar-refractivity contribution in [2.24, 2.45) is 11.8 Å². The van der Waals surface area contributed by atoms with Gasteiger partial charge in [0.05, 0.1) is 20.4 Å². The Bertz CT molecular complexity index is 2830. The topological polar surface area (TPSA) is 32.3 Å². The lowest BCUT2D eigenvalue weighted by Gasteiger charge is -2.38. The minimum absolute atomic E-state index is 0.116. The first kappa shape index (κ1) is 39.3. The van der Waals surface area contributed by atoms with Crippen LogP contribution in [0.1, 0.15) is 97.9 Å². The van der Waals surface area contributed by atoms with Crippen molar-refractivity contribution in [1.82, 2.24) is 9.97 Å². The van der Waals surface area contributed by atoms with Crippen LogP contribution in [-0.2, 0) is 10.8 Å². The number of hydrogen-bond acceptors (Lipinski definition) is 6. The molecule has 4 atom stereocenters. The quantitative estimate of drug-likeness (QED) is 0.167. The van der Waals surface area contributed by atoms with E-state index in [-0.39, 0.29) is 22.7 Å². The van der Waals surface area contributed by atoms with Crippen LogP contribution in [0, 0.1) is 39.5 Å². The van der Waals surface area contributed by atoms with Crippen molar-refractivity contribution in [3.05, 3.63) is 188 Å². The second kappa shape index (κ2) is 14.0. The fourth-order valence-corrected chi connectivity index (χ4v) is 14.0. The lowest BCUT2D eigenvalue weighted by Crippen LogP contribution is -2.33. The molecule has 0 saturated carbocycles. The summed E-state index contributed by atoms with van der Waals surface area (Å²) in [6.07, 6.45) is 10.1. The predicted molar refractivity (Wildman–Crippen MR) is 264 cm³/mol. The Morgan fingerprint density at radius 2 is 0.855 bits per heavy atom. The predicted octanol–water partition coefficient (Wildman–Crippen LogP) is 15.5. The Balaban J connectivity index is 1.03. The van der Waals surface area contributed by atoms with E-state index < -0.39 is 0 Å². The Kier molecular flexibility index (Phi) is 8.86. The Morgan fingerprint density at radius 3 is 1.23 bits per heavy atom. The summed E-state index contributed by atoms with van der Waals surface area (Å²) in [5, 5.41) is 2.02. The van der Waals surface area contributed by atoms with Gasteiger partial charge in [-0.15, -0.1) is 0 Å². The minimum Gasteiger partial charge on any atom is -0.287 e. The monoisotopic (exact) mass is 846 g/mol. The number of benzene rings is 5. The van der Waals surface area contributed by atoms with Gasteiger partial charge in [0.1, 0.15) is 0 Å². The number of anilines is 4. The standard InChI is InChI=1S/C56H54N4S2/c1-31-21-32(2)24-37(23-31)59(53-57-45-15-11-13-17-47(45)61-53)39-27-35(5)49-41-19-20-42-50-36(6)28-40(30-44(50)56(9,10)52(42)51(41)55(7,8)43(49)29-39)60(38-25-33(3)22-34(4)26-38)54-58-46-16-12-14-18-48(46)62-54/h11-30,43-44,49-50H,1-10H3. The maximum absolute atomic E-state index is 5.26. The number of para-hydroxylation sites is 2. The SMILES string of the molecule is CC1=CC(N(c2cc(C)cc(C)c2)c2nc3ccccc3s2)=CC2C1c1ccc3c(c1C2(C)C)C(C)(C)C1C=C(N(c2cc(C)cc(C)c2)c2nc4ccccc4s2)C=C(C)C31. The summed E-state index contributed by atoms with van der Waals surface area (Å²) in [5.74, 6) is 1.19. The average molecular weight is 847 g/mol. The molecule has 0 spiro atoms. The molecular weight excluding hydrogens is 793 g/mol. The number of thiazole rings is 2. The summed E-state index contributed by atoms with van der Waals surface area (Å²) >= 11 is 3.55. The summed E-state index contributed by atoms with van der Waals surface area (Å²) in [7, 11) is 0. The van der Waals surface area contributed by atoms with Gasteiger partial charge in [-0.3, -0.25) is 9.80 Å². The molecule has 0 aliphatic heterocycles. The van der Waals surface area contributed by atoms with Gasteiger partial charge in [0.25, 0.3) is 0 Å². The lowest BCUT2D eigenvalue weighted by molar-refractivity contribution is 0.359. The van der Waals surface area contributed by atoms with Gasteiger partial charge in [0, 0.05) is 34.6 Å². The number of hydrogen-bond donors (Lipinski definition) is 0. The molecule has 310 valence electrons. The van der Waals surface area contributed by atoms with Crippen molar-refractivity contribution in [3.63, 3.8) is 0 Å². The third-order valence-corrected chi connectivity index (χ3v) is 16.5. The van der Waals surface area contributed by atoms with E-state index in [1.54, 1.807) is 33.8 Å². The van der Waals surface area contributed by atoms with Gasteiger partial charge in [-0.25, -0.2) is 9.97 Å². The van der Waals surface area contributed by atoms with Crippen LogP contribution < -0.4 is 9.80 Å². The average Bonchev–Trinajstić information content (AvgIpc) is 3.94. The molecule has 0 bridgehead atoms. The van der Waals surface area contributed by atoms with Crippen LogP contribution in [0.5, 0.6) is 0 Å². The first-order valence-electron chi connectivity index (χ1n) is 22.1. The first-order valence-corrected chi connectivity index (χ1v) is 23.8. The van der Waals surface area contributed by atoms with Crippen molar-refractivity contribution in [2.45, 2.75) is 91.9 Å². The third-order valence-electron chi connectivity index (χ3n) is 14.4. The molecule has 0 fully saturated rings. The van der Waals surface area contributed by atoms with E-state index in [0.717, 1.165) is 21.3 Å². The second-order valence-electron chi connectivity index (χ2n) is 19.7. The van der Waals surface area contributed by atoms with Crippen LogP contribution in [-0.4, -0.2) is 9.97 Å². The van der Waals surface area contributed by atoms with E-state index in [1.165, 1.54) is 76.7 Å². The van der Waals surface area contributed by atoms with Gasteiger partial charge in [0.2, 0.25) is 0 Å². The number of nitrogens with zero attached hydrogens (tertiary/aromatic N) is 4.